The van der Waals surface area contributed by atoms with Crippen LogP contribution in [0, 0.1) is 11.3 Å². The molecule has 0 spiro atoms. The lowest BCUT2D eigenvalue weighted by Crippen LogP contribution is -2.55. The highest BCUT2D eigenvalue weighted by atomic mass is 35.5. The third-order valence-corrected chi connectivity index (χ3v) is 6.80. The molecule has 3 aromatic rings. The Morgan fingerprint density at radius 3 is 2.62 bits per heavy atom. The van der Waals surface area contributed by atoms with Gasteiger partial charge in [0.15, 0.2) is 0 Å². The monoisotopic (exact) mass is 545 g/mol. The minimum absolute atomic E-state index is 0.0626. The molecule has 200 valence electrons. The number of hydrogen-bond donors (Lipinski definition) is 1. The lowest BCUT2D eigenvalue weighted by atomic mass is 9.97. The highest BCUT2D eigenvalue weighted by Gasteiger charge is 2.46. The predicted molar refractivity (Wildman–Crippen MR) is 145 cm³/mol. The molecular formula is C28H28ClN7O3. The van der Waals surface area contributed by atoms with Gasteiger partial charge in [-0.05, 0) is 55.8 Å². The first-order valence-electron chi connectivity index (χ1n) is 12.6. The highest BCUT2D eigenvalue weighted by Crippen LogP contribution is 2.45. The molecule has 1 aromatic heterocycles. The van der Waals surface area contributed by atoms with E-state index in [4.69, 9.17) is 21.3 Å². The molecule has 2 unspecified atom stereocenters. The Morgan fingerprint density at radius 1 is 1.21 bits per heavy atom. The van der Waals surface area contributed by atoms with E-state index in [1.54, 1.807) is 39.9 Å². The number of carbonyl (C=O) groups is 2. The quantitative estimate of drug-likeness (QED) is 0.523. The second-order valence-corrected chi connectivity index (χ2v) is 10.2. The van der Waals surface area contributed by atoms with Crippen LogP contribution in [0.1, 0.15) is 48.3 Å². The van der Waals surface area contributed by atoms with Gasteiger partial charge in [0.25, 0.3) is 0 Å². The molecule has 2 atom stereocenters. The molecule has 3 heterocycles. The van der Waals surface area contributed by atoms with Gasteiger partial charge in [0, 0.05) is 31.4 Å². The predicted octanol–water partition coefficient (Wildman–Crippen LogP) is 3.83. The molecule has 5 rings (SSSR count). The number of hydrogen-bond acceptors (Lipinski definition) is 6. The molecule has 0 bridgehead atoms. The van der Waals surface area contributed by atoms with E-state index in [1.165, 1.54) is 4.90 Å². The summed E-state index contributed by atoms with van der Waals surface area (Å²) in [5, 5.41) is 17.5. The van der Waals surface area contributed by atoms with Crippen LogP contribution in [0.3, 0.4) is 0 Å². The maximum Gasteiger partial charge on any atom is 0.326 e. The Bertz CT molecular complexity index is 1480. The number of piperazine rings is 1. The van der Waals surface area contributed by atoms with E-state index in [2.05, 4.69) is 16.5 Å². The van der Waals surface area contributed by atoms with Crippen molar-refractivity contribution in [2.45, 2.75) is 32.0 Å². The molecule has 1 fully saturated rings. The first-order chi connectivity index (χ1) is 18.7. The van der Waals surface area contributed by atoms with E-state index in [0.29, 0.717) is 46.5 Å². The summed E-state index contributed by atoms with van der Waals surface area (Å²) in [6, 6.07) is 14.9. The van der Waals surface area contributed by atoms with Crippen molar-refractivity contribution in [2.24, 2.45) is 12.0 Å². The first-order valence-corrected chi connectivity index (χ1v) is 13.0. The Labute approximate surface area is 231 Å². The zero-order valence-corrected chi connectivity index (χ0v) is 22.6. The number of amidine groups is 1. The van der Waals surface area contributed by atoms with Crippen molar-refractivity contribution in [1.29, 1.82) is 5.26 Å². The Balaban J connectivity index is 1.71. The fourth-order valence-corrected chi connectivity index (χ4v) is 4.96. The number of ether oxygens (including phenoxy) is 1. The molecule has 1 N–H and O–H groups in total. The molecule has 39 heavy (non-hydrogen) atoms. The van der Waals surface area contributed by atoms with Gasteiger partial charge in [-0.25, -0.2) is 4.79 Å². The minimum Gasteiger partial charge on any atom is -0.490 e. The van der Waals surface area contributed by atoms with E-state index in [9.17, 15) is 14.9 Å². The number of nitriles is 1. The number of nitrogens with zero attached hydrogens (tertiary/aromatic N) is 6. The fraction of sp³-hybridized carbons (Fsp3) is 0.321. The van der Waals surface area contributed by atoms with Gasteiger partial charge in [-0.3, -0.25) is 19.4 Å². The second kappa shape index (κ2) is 10.8. The third-order valence-electron chi connectivity index (χ3n) is 6.54. The lowest BCUT2D eigenvalue weighted by molar-refractivity contribution is -0.123. The summed E-state index contributed by atoms with van der Waals surface area (Å²) in [5.41, 5.74) is 2.48. The summed E-state index contributed by atoms with van der Waals surface area (Å²) in [6.07, 6.45) is 1.64. The number of amides is 3. The zero-order chi connectivity index (χ0) is 27.7. The van der Waals surface area contributed by atoms with Crippen LogP contribution in [0.15, 0.2) is 59.7 Å². The smallest absolute Gasteiger partial charge is 0.326 e. The van der Waals surface area contributed by atoms with Gasteiger partial charge in [-0.1, -0.05) is 23.7 Å². The fourth-order valence-electron chi connectivity index (χ4n) is 4.84. The number of rotatable bonds is 5. The van der Waals surface area contributed by atoms with Crippen molar-refractivity contribution in [3.05, 3.63) is 82.1 Å². The van der Waals surface area contributed by atoms with E-state index in [-0.39, 0.29) is 24.6 Å². The van der Waals surface area contributed by atoms with Crippen molar-refractivity contribution in [1.82, 2.24) is 24.9 Å². The Kier molecular flexibility index (Phi) is 7.26. The molecule has 10 nitrogen and oxygen atoms in total. The van der Waals surface area contributed by atoms with Crippen LogP contribution in [0.25, 0.3) is 0 Å². The number of benzene rings is 2. The van der Waals surface area contributed by atoms with Gasteiger partial charge in [-0.15, -0.1) is 0 Å². The van der Waals surface area contributed by atoms with E-state index < -0.39 is 12.1 Å². The number of aromatic nitrogens is 2. The molecule has 0 saturated carbocycles. The van der Waals surface area contributed by atoms with Crippen LogP contribution >= 0.6 is 11.6 Å². The normalized spacial score (nSPS) is 19.1. The molecule has 2 aliphatic rings. The first kappa shape index (κ1) is 26.3. The summed E-state index contributed by atoms with van der Waals surface area (Å²) in [4.78, 5) is 34.7. The SMILES string of the molecule is CC(C)Oc1cc(C#N)ccc1C1=NC(c2ccn(C)n2)C(c2ccc(Cl)cc2)N1C(=O)N1CCNC(=O)C1. The standard InChI is InChI=1S/C28H28ClN7O3/c1-17(2)39-23-14-18(15-30)4-9-21(23)27-32-25(22-10-12-34(3)33-22)26(19-5-7-20(29)8-6-19)36(27)28(38)35-13-11-31-24(37)16-35/h4-10,12,14,17,25-26H,11,13,16H2,1-3H3,(H,31,37). The van der Waals surface area contributed by atoms with Gasteiger partial charge in [0.05, 0.1) is 35.0 Å². The second-order valence-electron chi connectivity index (χ2n) is 9.72. The molecule has 2 aliphatic heterocycles. The van der Waals surface area contributed by atoms with Gasteiger partial charge >= 0.3 is 6.03 Å². The van der Waals surface area contributed by atoms with Crippen molar-refractivity contribution >= 4 is 29.4 Å². The summed E-state index contributed by atoms with van der Waals surface area (Å²) >= 11 is 6.21. The average molecular weight is 546 g/mol. The van der Waals surface area contributed by atoms with Crippen LogP contribution < -0.4 is 10.1 Å². The third kappa shape index (κ3) is 5.31. The summed E-state index contributed by atoms with van der Waals surface area (Å²) < 4.78 is 7.80. The van der Waals surface area contributed by atoms with Crippen molar-refractivity contribution in [3.63, 3.8) is 0 Å². The van der Waals surface area contributed by atoms with Crippen LogP contribution in [0.2, 0.25) is 5.02 Å². The largest absolute Gasteiger partial charge is 0.490 e. The van der Waals surface area contributed by atoms with E-state index >= 15 is 0 Å². The van der Waals surface area contributed by atoms with Crippen LogP contribution in [-0.4, -0.2) is 63.1 Å². The van der Waals surface area contributed by atoms with E-state index in [1.807, 2.05) is 45.3 Å². The summed E-state index contributed by atoms with van der Waals surface area (Å²) in [5.74, 6) is 0.592. The Hall–Kier alpha value is -4.36. The highest BCUT2D eigenvalue weighted by molar-refractivity contribution is 6.30. The number of halogens is 1. The summed E-state index contributed by atoms with van der Waals surface area (Å²) in [6.45, 7) is 4.44. The lowest BCUT2D eigenvalue weighted by Gasteiger charge is -2.35. The molecule has 11 heteroatoms. The van der Waals surface area contributed by atoms with Gasteiger partial charge < -0.3 is 15.0 Å². The molecule has 0 aliphatic carbocycles. The van der Waals surface area contributed by atoms with Gasteiger partial charge in [0.2, 0.25) is 5.91 Å². The molecular weight excluding hydrogens is 518 g/mol. The van der Waals surface area contributed by atoms with Crippen molar-refractivity contribution < 1.29 is 14.3 Å². The minimum atomic E-state index is -0.577. The zero-order valence-electron chi connectivity index (χ0n) is 21.8. The van der Waals surface area contributed by atoms with E-state index in [0.717, 1.165) is 5.56 Å². The average Bonchev–Trinajstić information content (AvgIpc) is 3.52. The molecule has 0 radical (unpaired) electrons. The molecule has 2 aromatic carbocycles. The number of urea groups is 1. The maximum absolute atomic E-state index is 14.3. The van der Waals surface area contributed by atoms with Gasteiger partial charge in [0.1, 0.15) is 24.2 Å². The number of nitrogens with one attached hydrogen (secondary N) is 1. The Morgan fingerprint density at radius 2 is 1.97 bits per heavy atom. The number of aliphatic imine (C=N–C) groups is 1. The van der Waals surface area contributed by atoms with Crippen molar-refractivity contribution in [3.8, 4) is 11.8 Å². The van der Waals surface area contributed by atoms with Gasteiger partial charge in [-0.2, -0.15) is 10.4 Å². The molecule has 1 saturated heterocycles. The maximum atomic E-state index is 14.3. The molecule has 3 amide bonds. The number of carbonyl (C=O) groups excluding carboxylic acids is 2. The van der Waals surface area contributed by atoms with Crippen LogP contribution in [-0.2, 0) is 11.8 Å². The van der Waals surface area contributed by atoms with Crippen molar-refractivity contribution in [2.75, 3.05) is 19.6 Å². The van der Waals surface area contributed by atoms with Crippen LogP contribution in [0.5, 0.6) is 5.75 Å². The topological polar surface area (TPSA) is 116 Å². The number of aryl methyl sites for hydroxylation is 1. The van der Waals surface area contributed by atoms with Crippen LogP contribution in [0.4, 0.5) is 4.79 Å². The summed E-state index contributed by atoms with van der Waals surface area (Å²) in [7, 11) is 1.82.